The summed E-state index contributed by atoms with van der Waals surface area (Å²) in [6, 6.07) is 24.3. The molecule has 0 saturated carbocycles. The smallest absolute Gasteiger partial charge is 0.343 e. The van der Waals surface area contributed by atoms with Crippen LogP contribution in [-0.4, -0.2) is 43.8 Å². The monoisotopic (exact) mass is 539 g/mol. The van der Waals surface area contributed by atoms with Crippen LogP contribution in [0.25, 0.3) is 10.8 Å². The van der Waals surface area contributed by atoms with Gasteiger partial charge < -0.3 is 19.5 Å². The maximum Gasteiger partial charge on any atom is 0.343 e. The molecule has 2 amide bonds. The number of esters is 1. The molecule has 9 heteroatoms. The third-order valence-electron chi connectivity index (χ3n) is 5.75. The van der Waals surface area contributed by atoms with Crippen molar-refractivity contribution in [1.29, 1.82) is 0 Å². The average molecular weight is 540 g/mol. The minimum atomic E-state index is -0.547. The molecule has 0 radical (unpaired) electrons. The highest BCUT2D eigenvalue weighted by atomic mass is 16.5. The summed E-state index contributed by atoms with van der Waals surface area (Å²) in [5.41, 5.74) is 3.67. The van der Waals surface area contributed by atoms with Crippen molar-refractivity contribution in [3.63, 3.8) is 0 Å². The molecule has 4 rings (SSSR count). The lowest BCUT2D eigenvalue weighted by atomic mass is 10.0. The zero-order valence-corrected chi connectivity index (χ0v) is 22.2. The number of hydrazone groups is 1. The van der Waals surface area contributed by atoms with Gasteiger partial charge in [0.1, 0.15) is 17.2 Å². The van der Waals surface area contributed by atoms with Crippen molar-refractivity contribution in [2.24, 2.45) is 5.10 Å². The second kappa shape index (κ2) is 13.6. The lowest BCUT2D eigenvalue weighted by Crippen LogP contribution is -2.34. The molecule has 0 aromatic heterocycles. The number of rotatable bonds is 11. The van der Waals surface area contributed by atoms with E-state index in [1.165, 1.54) is 6.21 Å². The first kappa shape index (κ1) is 27.8. The number of fused-ring (bicyclic) bond motifs is 1. The summed E-state index contributed by atoms with van der Waals surface area (Å²) in [4.78, 5) is 37.5. The highest BCUT2D eigenvalue weighted by Crippen LogP contribution is 2.27. The van der Waals surface area contributed by atoms with Crippen LogP contribution in [0.4, 0.5) is 0 Å². The van der Waals surface area contributed by atoms with Crippen LogP contribution in [0.1, 0.15) is 40.1 Å². The van der Waals surface area contributed by atoms with Gasteiger partial charge in [-0.15, -0.1) is 0 Å². The SMILES string of the molecule is CCOc1ccc(C(=O)NCC(=O)N/N=C\c2c(OC(=O)c3ccc(OCC)cc3)ccc3ccccc23)cc1. The first-order chi connectivity index (χ1) is 19.5. The van der Waals surface area contributed by atoms with E-state index in [4.69, 9.17) is 14.2 Å². The first-order valence-corrected chi connectivity index (χ1v) is 12.8. The van der Waals surface area contributed by atoms with Gasteiger partial charge in [0, 0.05) is 11.1 Å². The Morgan fingerprint density at radius 1 is 0.775 bits per heavy atom. The van der Waals surface area contributed by atoms with Gasteiger partial charge >= 0.3 is 5.97 Å². The molecule has 4 aromatic rings. The number of carbonyl (C=O) groups excluding carboxylic acids is 3. The molecule has 40 heavy (non-hydrogen) atoms. The normalized spacial score (nSPS) is 10.8. The molecule has 9 nitrogen and oxygen atoms in total. The van der Waals surface area contributed by atoms with E-state index in [-0.39, 0.29) is 12.3 Å². The van der Waals surface area contributed by atoms with Crippen molar-refractivity contribution < 1.29 is 28.6 Å². The van der Waals surface area contributed by atoms with E-state index in [1.54, 1.807) is 54.6 Å². The Kier molecular flexibility index (Phi) is 9.44. The Balaban J connectivity index is 1.42. The lowest BCUT2D eigenvalue weighted by Gasteiger charge is -2.11. The van der Waals surface area contributed by atoms with Gasteiger partial charge in [-0.1, -0.05) is 30.3 Å². The largest absolute Gasteiger partial charge is 0.494 e. The van der Waals surface area contributed by atoms with Crippen LogP contribution in [0, 0.1) is 0 Å². The Hall–Kier alpha value is -5.18. The van der Waals surface area contributed by atoms with Crippen molar-refractivity contribution >= 4 is 34.8 Å². The van der Waals surface area contributed by atoms with Gasteiger partial charge in [-0.3, -0.25) is 9.59 Å². The van der Waals surface area contributed by atoms with E-state index >= 15 is 0 Å². The topological polar surface area (TPSA) is 115 Å². The molecular weight excluding hydrogens is 510 g/mol. The van der Waals surface area contributed by atoms with Gasteiger partial charge in [0.05, 0.1) is 31.5 Å². The summed E-state index contributed by atoms with van der Waals surface area (Å²) in [5, 5.41) is 8.28. The summed E-state index contributed by atoms with van der Waals surface area (Å²) in [5.74, 6) is 0.116. The van der Waals surface area contributed by atoms with Crippen LogP contribution in [0.5, 0.6) is 17.2 Å². The summed E-state index contributed by atoms with van der Waals surface area (Å²) >= 11 is 0. The summed E-state index contributed by atoms with van der Waals surface area (Å²) in [6.07, 6.45) is 1.41. The third-order valence-corrected chi connectivity index (χ3v) is 5.75. The molecule has 204 valence electrons. The number of ether oxygens (including phenoxy) is 3. The Bertz CT molecular complexity index is 1510. The van der Waals surface area contributed by atoms with Crippen molar-refractivity contribution in [2.75, 3.05) is 19.8 Å². The van der Waals surface area contributed by atoms with Crippen LogP contribution in [-0.2, 0) is 4.79 Å². The number of nitrogens with one attached hydrogen (secondary N) is 2. The lowest BCUT2D eigenvalue weighted by molar-refractivity contribution is -0.120. The quantitative estimate of drug-likeness (QED) is 0.123. The van der Waals surface area contributed by atoms with Crippen molar-refractivity contribution in [2.45, 2.75) is 13.8 Å². The molecule has 2 N–H and O–H groups in total. The van der Waals surface area contributed by atoms with Gasteiger partial charge in [0.15, 0.2) is 0 Å². The maximum atomic E-state index is 12.8. The van der Waals surface area contributed by atoms with Crippen molar-refractivity contribution in [3.05, 3.63) is 102 Å². The number of benzene rings is 4. The summed E-state index contributed by atoms with van der Waals surface area (Å²) in [7, 11) is 0. The Morgan fingerprint density at radius 3 is 2.05 bits per heavy atom. The van der Waals surface area contributed by atoms with Crippen LogP contribution >= 0.6 is 0 Å². The predicted molar refractivity (Wildman–Crippen MR) is 152 cm³/mol. The standard InChI is InChI=1S/C31H29N3O6/c1-3-38-24-14-9-22(10-15-24)30(36)32-20-29(35)34-33-19-27-26-8-6-5-7-21(26)13-18-28(27)40-31(37)23-11-16-25(17-12-23)39-4-2/h5-19H,3-4,20H2,1-2H3,(H,32,36)(H,34,35)/b33-19-. The van der Waals surface area contributed by atoms with E-state index in [0.717, 1.165) is 10.8 Å². The molecule has 0 atom stereocenters. The van der Waals surface area contributed by atoms with Gasteiger partial charge in [-0.2, -0.15) is 5.10 Å². The zero-order valence-electron chi connectivity index (χ0n) is 22.2. The minimum absolute atomic E-state index is 0.277. The summed E-state index contributed by atoms with van der Waals surface area (Å²) < 4.78 is 16.5. The number of amides is 2. The van der Waals surface area contributed by atoms with Crippen LogP contribution in [0.3, 0.4) is 0 Å². The van der Waals surface area contributed by atoms with Crippen LogP contribution in [0.2, 0.25) is 0 Å². The molecule has 0 bridgehead atoms. The molecular formula is C31H29N3O6. The molecule has 0 heterocycles. The third kappa shape index (κ3) is 7.22. The molecule has 0 saturated heterocycles. The number of hydrogen-bond acceptors (Lipinski definition) is 7. The highest BCUT2D eigenvalue weighted by molar-refractivity contribution is 6.04. The fraction of sp³-hybridized carbons (Fsp3) is 0.161. The van der Waals surface area contributed by atoms with E-state index < -0.39 is 17.8 Å². The van der Waals surface area contributed by atoms with E-state index in [2.05, 4.69) is 15.8 Å². The van der Waals surface area contributed by atoms with E-state index in [0.29, 0.717) is 41.4 Å². The van der Waals surface area contributed by atoms with Crippen LogP contribution < -0.4 is 25.0 Å². The summed E-state index contributed by atoms with van der Waals surface area (Å²) in [6.45, 7) is 4.52. The fourth-order valence-corrected chi connectivity index (χ4v) is 3.85. The molecule has 0 fully saturated rings. The van der Waals surface area contributed by atoms with Gasteiger partial charge in [-0.05, 0) is 79.2 Å². The Labute approximate surface area is 231 Å². The number of hydrogen-bond donors (Lipinski definition) is 2. The second-order valence-electron chi connectivity index (χ2n) is 8.48. The van der Waals surface area contributed by atoms with Crippen molar-refractivity contribution in [3.8, 4) is 17.2 Å². The second-order valence-corrected chi connectivity index (χ2v) is 8.48. The molecule has 0 aliphatic heterocycles. The van der Waals surface area contributed by atoms with E-state index in [1.807, 2.05) is 44.2 Å². The zero-order chi connectivity index (χ0) is 28.3. The minimum Gasteiger partial charge on any atom is -0.494 e. The highest BCUT2D eigenvalue weighted by Gasteiger charge is 2.14. The van der Waals surface area contributed by atoms with E-state index in [9.17, 15) is 14.4 Å². The predicted octanol–water partition coefficient (Wildman–Crippen LogP) is 4.74. The maximum absolute atomic E-state index is 12.8. The number of carbonyl (C=O) groups is 3. The van der Waals surface area contributed by atoms with Gasteiger partial charge in [0.2, 0.25) is 0 Å². The van der Waals surface area contributed by atoms with Gasteiger partial charge in [-0.25, -0.2) is 10.2 Å². The average Bonchev–Trinajstić information content (AvgIpc) is 2.98. The molecule has 4 aromatic carbocycles. The molecule has 0 aliphatic carbocycles. The van der Waals surface area contributed by atoms with Crippen LogP contribution in [0.15, 0.2) is 90.0 Å². The van der Waals surface area contributed by atoms with Crippen molar-refractivity contribution in [1.82, 2.24) is 10.7 Å². The van der Waals surface area contributed by atoms with Gasteiger partial charge in [0.25, 0.3) is 11.8 Å². The first-order valence-electron chi connectivity index (χ1n) is 12.8. The fourth-order valence-electron chi connectivity index (χ4n) is 3.85. The molecule has 0 spiro atoms. The molecule has 0 unspecified atom stereocenters. The Morgan fingerprint density at radius 2 is 1.40 bits per heavy atom. The number of nitrogens with zero attached hydrogens (tertiary/aromatic N) is 1. The molecule has 0 aliphatic rings.